The first kappa shape index (κ1) is 27.4. The van der Waals surface area contributed by atoms with E-state index in [0.29, 0.717) is 55.3 Å². The number of anilines is 4. The lowest BCUT2D eigenvalue weighted by atomic mass is 9.91. The molecule has 0 bridgehead atoms. The fraction of sp³-hybridized carbons (Fsp3) is 0.419. The van der Waals surface area contributed by atoms with Crippen molar-refractivity contribution in [2.24, 2.45) is 0 Å². The number of ether oxygens (including phenoxy) is 3. The summed E-state index contributed by atoms with van der Waals surface area (Å²) in [5.41, 5.74) is 2.16. The second-order valence-corrected chi connectivity index (χ2v) is 12.0. The summed E-state index contributed by atoms with van der Waals surface area (Å²) in [6, 6.07) is 11.9. The minimum absolute atomic E-state index is 0.0293. The number of aromatic nitrogens is 4. The normalized spacial score (nSPS) is 21.2. The minimum atomic E-state index is -0.994. The van der Waals surface area contributed by atoms with Crippen LogP contribution in [0.5, 0.6) is 11.5 Å². The van der Waals surface area contributed by atoms with Crippen LogP contribution in [0.4, 0.5) is 23.1 Å². The van der Waals surface area contributed by atoms with E-state index < -0.39 is 11.0 Å². The summed E-state index contributed by atoms with van der Waals surface area (Å²) in [6.07, 6.45) is 0.996. The summed E-state index contributed by atoms with van der Waals surface area (Å²) in [5, 5.41) is 25.5. The molecule has 4 aromatic rings. The topological polar surface area (TPSA) is 147 Å². The molecule has 2 atom stereocenters. The smallest absolute Gasteiger partial charge is 0.235 e. The van der Waals surface area contributed by atoms with E-state index in [1.807, 2.05) is 24.3 Å². The highest BCUT2D eigenvalue weighted by molar-refractivity contribution is 6.10. The van der Waals surface area contributed by atoms with E-state index in [1.165, 1.54) is 0 Å². The molecule has 1 saturated carbocycles. The van der Waals surface area contributed by atoms with Crippen molar-refractivity contribution in [1.82, 2.24) is 20.2 Å². The highest BCUT2D eigenvalue weighted by Gasteiger charge is 2.65. The first-order valence-electron chi connectivity index (χ1n) is 14.4. The number of amides is 1. The highest BCUT2D eigenvalue weighted by Crippen LogP contribution is 2.65. The van der Waals surface area contributed by atoms with Crippen LogP contribution in [0.3, 0.4) is 0 Å². The van der Waals surface area contributed by atoms with Crippen molar-refractivity contribution in [3.63, 3.8) is 0 Å². The molecule has 12 heteroatoms. The summed E-state index contributed by atoms with van der Waals surface area (Å²) in [4.78, 5) is 24.8. The molecule has 2 fully saturated rings. The number of carbonyl (C=O) groups excluding carboxylic acids is 1. The fourth-order valence-corrected chi connectivity index (χ4v) is 6.37. The summed E-state index contributed by atoms with van der Waals surface area (Å²) >= 11 is 0. The Morgan fingerprint density at radius 2 is 1.93 bits per heavy atom. The van der Waals surface area contributed by atoms with Gasteiger partial charge in [-0.2, -0.15) is 5.10 Å². The van der Waals surface area contributed by atoms with Gasteiger partial charge in [-0.05, 0) is 61.7 Å². The number of aromatic amines is 1. The van der Waals surface area contributed by atoms with Crippen LogP contribution in [-0.2, 0) is 21.4 Å². The molecule has 7 rings (SSSR count). The molecule has 1 spiro atoms. The molecule has 3 aliphatic rings. The van der Waals surface area contributed by atoms with E-state index in [0.717, 1.165) is 39.9 Å². The minimum Gasteiger partial charge on any atom is -0.497 e. The molecule has 224 valence electrons. The molecule has 1 aliphatic carbocycles. The lowest BCUT2D eigenvalue weighted by molar-refractivity contribution is -0.118. The number of fused-ring (bicyclic) bond motifs is 3. The SMILES string of the molecule is COc1ccc2c(c1)[C@]1(C[C@H]1c1ccc3c(Nc4nc(CC(C)(C)O)nc(N5CCOCC5)c4OC)n[nH]c3c1)C(=O)N2. The quantitative estimate of drug-likeness (QED) is 0.242. The summed E-state index contributed by atoms with van der Waals surface area (Å²) in [7, 11) is 3.23. The Balaban J connectivity index is 1.21. The van der Waals surface area contributed by atoms with Crippen molar-refractivity contribution < 1.29 is 24.1 Å². The largest absolute Gasteiger partial charge is 0.497 e. The third kappa shape index (κ3) is 4.70. The average Bonchev–Trinajstić information content (AvgIpc) is 3.54. The molecule has 4 N–H and O–H groups in total. The maximum atomic E-state index is 13.2. The van der Waals surface area contributed by atoms with E-state index in [2.05, 4.69) is 37.9 Å². The number of nitrogens with zero attached hydrogens (tertiary/aromatic N) is 4. The van der Waals surface area contributed by atoms with Crippen molar-refractivity contribution in [3.05, 3.63) is 53.3 Å². The summed E-state index contributed by atoms with van der Waals surface area (Å²) in [6.45, 7) is 5.98. The lowest BCUT2D eigenvalue weighted by Crippen LogP contribution is -2.37. The van der Waals surface area contributed by atoms with E-state index in [4.69, 9.17) is 24.2 Å². The molecule has 12 nitrogen and oxygen atoms in total. The molecule has 1 saturated heterocycles. The van der Waals surface area contributed by atoms with E-state index in [9.17, 15) is 9.90 Å². The van der Waals surface area contributed by atoms with E-state index in [-0.39, 0.29) is 18.2 Å². The van der Waals surface area contributed by atoms with Crippen LogP contribution in [-0.4, -0.2) is 77.3 Å². The summed E-state index contributed by atoms with van der Waals surface area (Å²) in [5.74, 6) is 3.50. The molecule has 2 aromatic heterocycles. The first-order chi connectivity index (χ1) is 20.7. The number of hydrogen-bond acceptors (Lipinski definition) is 10. The standard InChI is InChI=1S/C31H35N7O5/c1-30(2,40)16-24-33-27(25(42-4)28(34-24)38-9-11-43-12-10-38)35-26-19-7-5-17(13-23(19)36-37-26)21-15-31(21)20-14-18(41-3)6-8-22(20)32-29(31)39/h5-8,13-14,21,40H,9-12,15-16H2,1-4H3,(H,32,39)(H2,33,34,35,36,37)/t21-,31-/m0/s1. The van der Waals surface area contributed by atoms with Gasteiger partial charge in [0, 0.05) is 36.5 Å². The van der Waals surface area contributed by atoms with Crippen LogP contribution in [0, 0.1) is 0 Å². The number of methoxy groups -OCH3 is 2. The van der Waals surface area contributed by atoms with Crippen LogP contribution in [0.25, 0.3) is 10.9 Å². The first-order valence-corrected chi connectivity index (χ1v) is 14.4. The Bertz CT molecular complexity index is 1730. The molecule has 43 heavy (non-hydrogen) atoms. The van der Waals surface area contributed by atoms with Gasteiger partial charge in [0.15, 0.2) is 17.5 Å². The van der Waals surface area contributed by atoms with Crippen LogP contribution in [0.15, 0.2) is 36.4 Å². The third-order valence-corrected chi connectivity index (χ3v) is 8.55. The third-order valence-electron chi connectivity index (χ3n) is 8.55. The second kappa shape index (κ2) is 10.1. The van der Waals surface area contributed by atoms with Gasteiger partial charge in [-0.25, -0.2) is 9.97 Å². The zero-order valence-electron chi connectivity index (χ0n) is 24.7. The molecular formula is C31H35N7O5. The van der Waals surface area contributed by atoms with Crippen molar-refractivity contribution in [2.45, 2.75) is 43.6 Å². The Morgan fingerprint density at radius 1 is 1.12 bits per heavy atom. The Kier molecular flexibility index (Phi) is 6.44. The Labute approximate surface area is 248 Å². The van der Waals surface area contributed by atoms with Gasteiger partial charge in [0.25, 0.3) is 0 Å². The maximum absolute atomic E-state index is 13.2. The molecule has 0 radical (unpaired) electrons. The van der Waals surface area contributed by atoms with Crippen molar-refractivity contribution in [1.29, 1.82) is 0 Å². The number of hydrogen-bond donors (Lipinski definition) is 4. The number of carbonyl (C=O) groups is 1. The van der Waals surface area contributed by atoms with Gasteiger partial charge < -0.3 is 34.9 Å². The molecule has 0 unspecified atom stereocenters. The van der Waals surface area contributed by atoms with Crippen LogP contribution in [0.1, 0.15) is 43.1 Å². The number of benzene rings is 2. The number of rotatable bonds is 8. The van der Waals surface area contributed by atoms with Crippen LogP contribution in [0.2, 0.25) is 0 Å². The van der Waals surface area contributed by atoms with Gasteiger partial charge in [-0.3, -0.25) is 9.89 Å². The van der Waals surface area contributed by atoms with Crippen LogP contribution < -0.4 is 25.0 Å². The Hall–Kier alpha value is -4.42. The molecule has 2 aromatic carbocycles. The lowest BCUT2D eigenvalue weighted by Gasteiger charge is -2.30. The number of aliphatic hydroxyl groups is 1. The molecular weight excluding hydrogens is 550 g/mol. The van der Waals surface area contributed by atoms with E-state index >= 15 is 0 Å². The van der Waals surface area contributed by atoms with Gasteiger partial charge in [-0.15, -0.1) is 0 Å². The zero-order valence-corrected chi connectivity index (χ0v) is 24.7. The second-order valence-electron chi connectivity index (χ2n) is 12.0. The van der Waals surface area contributed by atoms with Gasteiger partial charge in [0.2, 0.25) is 11.7 Å². The zero-order chi connectivity index (χ0) is 29.9. The monoisotopic (exact) mass is 585 g/mol. The summed E-state index contributed by atoms with van der Waals surface area (Å²) < 4.78 is 16.8. The highest BCUT2D eigenvalue weighted by atomic mass is 16.5. The molecule has 2 aliphatic heterocycles. The predicted octanol–water partition coefficient (Wildman–Crippen LogP) is 3.64. The fourth-order valence-electron chi connectivity index (χ4n) is 6.37. The molecule has 1 amide bonds. The van der Waals surface area contributed by atoms with Gasteiger partial charge in [0.05, 0.1) is 44.0 Å². The number of morpholine rings is 1. The van der Waals surface area contributed by atoms with Gasteiger partial charge >= 0.3 is 0 Å². The van der Waals surface area contributed by atoms with Crippen LogP contribution >= 0.6 is 0 Å². The van der Waals surface area contributed by atoms with Gasteiger partial charge in [0.1, 0.15) is 11.6 Å². The molecule has 4 heterocycles. The number of H-pyrrole nitrogens is 1. The Morgan fingerprint density at radius 3 is 2.67 bits per heavy atom. The average molecular weight is 586 g/mol. The van der Waals surface area contributed by atoms with Gasteiger partial charge in [-0.1, -0.05) is 6.07 Å². The van der Waals surface area contributed by atoms with Crippen molar-refractivity contribution in [2.75, 3.05) is 56.1 Å². The maximum Gasteiger partial charge on any atom is 0.235 e. The van der Waals surface area contributed by atoms with E-state index in [1.54, 1.807) is 28.1 Å². The van der Waals surface area contributed by atoms with Crippen molar-refractivity contribution in [3.8, 4) is 11.5 Å². The predicted molar refractivity (Wildman–Crippen MR) is 162 cm³/mol. The number of nitrogens with one attached hydrogen (secondary N) is 3. The van der Waals surface area contributed by atoms with Crippen molar-refractivity contribution >= 4 is 40.0 Å².